The van der Waals surface area contributed by atoms with Crippen LogP contribution >= 0.6 is 0 Å². The summed E-state index contributed by atoms with van der Waals surface area (Å²) < 4.78 is 5.21. The Morgan fingerprint density at radius 1 is 1.12 bits per heavy atom. The summed E-state index contributed by atoms with van der Waals surface area (Å²) in [4.78, 5) is 12.1. The van der Waals surface area contributed by atoms with E-state index in [9.17, 15) is 0 Å². The fraction of sp³-hybridized carbons (Fsp3) is 0.182. The molecule has 0 fully saturated rings. The van der Waals surface area contributed by atoms with Gasteiger partial charge in [0.1, 0.15) is 0 Å². The third-order valence-electron chi connectivity index (χ3n) is 1.94. The summed E-state index contributed by atoms with van der Waals surface area (Å²) >= 11 is 0. The van der Waals surface area contributed by atoms with E-state index in [-0.39, 0.29) is 12.0 Å². The summed E-state index contributed by atoms with van der Waals surface area (Å²) in [5.74, 6) is 0.689. The van der Waals surface area contributed by atoms with Crippen LogP contribution in [-0.4, -0.2) is 21.6 Å². The molecule has 5 heteroatoms. The van der Waals surface area contributed by atoms with Gasteiger partial charge in [-0.15, -0.1) is 0 Å². The molecule has 0 saturated carbocycles. The van der Waals surface area contributed by atoms with E-state index in [1.807, 2.05) is 37.3 Å². The lowest BCUT2D eigenvalue weighted by molar-refractivity contribution is 0.312. The van der Waals surface area contributed by atoms with Crippen molar-refractivity contribution in [3.05, 3.63) is 30.3 Å². The monoisotopic (exact) mass is 216 g/mol. The molecule has 0 aliphatic carbocycles. The first-order valence-electron chi connectivity index (χ1n) is 4.99. The second kappa shape index (κ2) is 4.57. The number of aromatic nitrogens is 3. The molecule has 0 radical (unpaired) electrons. The molecule has 0 aliphatic rings. The Hall–Kier alpha value is -2.17. The van der Waals surface area contributed by atoms with Gasteiger partial charge in [-0.2, -0.15) is 15.0 Å². The van der Waals surface area contributed by atoms with Crippen LogP contribution in [-0.2, 0) is 0 Å². The van der Waals surface area contributed by atoms with Crippen LogP contribution in [0.5, 0.6) is 6.01 Å². The van der Waals surface area contributed by atoms with Gasteiger partial charge in [-0.05, 0) is 6.92 Å². The Labute approximate surface area is 93.3 Å². The molecule has 2 N–H and O–H groups in total. The Morgan fingerprint density at radius 3 is 2.56 bits per heavy atom. The zero-order valence-electron chi connectivity index (χ0n) is 8.92. The minimum atomic E-state index is 0.164. The normalized spacial score (nSPS) is 10.1. The Balaban J connectivity index is 2.41. The van der Waals surface area contributed by atoms with Crippen molar-refractivity contribution in [3.8, 4) is 17.4 Å². The molecule has 2 rings (SSSR count). The quantitative estimate of drug-likeness (QED) is 0.841. The van der Waals surface area contributed by atoms with Gasteiger partial charge < -0.3 is 10.5 Å². The number of anilines is 1. The minimum absolute atomic E-state index is 0.164. The topological polar surface area (TPSA) is 73.9 Å². The Morgan fingerprint density at radius 2 is 1.88 bits per heavy atom. The predicted molar refractivity (Wildman–Crippen MR) is 60.8 cm³/mol. The second-order valence-corrected chi connectivity index (χ2v) is 3.10. The van der Waals surface area contributed by atoms with Gasteiger partial charge in [-0.3, -0.25) is 0 Å². The van der Waals surface area contributed by atoms with Crippen molar-refractivity contribution in [2.45, 2.75) is 6.92 Å². The molecule has 16 heavy (non-hydrogen) atoms. The standard InChI is InChI=1S/C11H12N4O/c1-2-16-11-14-9(13-10(12)15-11)8-6-4-3-5-7-8/h3-7H,2H2,1H3,(H2,12,13,14,15). The van der Waals surface area contributed by atoms with E-state index in [1.165, 1.54) is 0 Å². The number of ether oxygens (including phenoxy) is 1. The number of nitrogen functional groups attached to an aromatic ring is 1. The summed E-state index contributed by atoms with van der Waals surface area (Å²) in [5, 5.41) is 0. The highest BCUT2D eigenvalue weighted by Crippen LogP contribution is 2.16. The maximum Gasteiger partial charge on any atom is 0.321 e. The van der Waals surface area contributed by atoms with Crippen molar-refractivity contribution in [2.24, 2.45) is 0 Å². The van der Waals surface area contributed by atoms with Crippen LogP contribution in [0.3, 0.4) is 0 Å². The molecular formula is C11H12N4O. The van der Waals surface area contributed by atoms with E-state index in [4.69, 9.17) is 10.5 Å². The van der Waals surface area contributed by atoms with E-state index in [2.05, 4.69) is 15.0 Å². The zero-order valence-corrected chi connectivity index (χ0v) is 8.92. The molecule has 2 aromatic rings. The zero-order chi connectivity index (χ0) is 11.4. The number of rotatable bonds is 3. The van der Waals surface area contributed by atoms with Gasteiger partial charge in [0.05, 0.1) is 6.61 Å². The Bertz CT molecular complexity index is 473. The van der Waals surface area contributed by atoms with Crippen LogP contribution in [0.15, 0.2) is 30.3 Å². The highest BCUT2D eigenvalue weighted by molar-refractivity contribution is 5.55. The first-order chi connectivity index (χ1) is 7.79. The van der Waals surface area contributed by atoms with Crippen molar-refractivity contribution in [2.75, 3.05) is 12.3 Å². The van der Waals surface area contributed by atoms with E-state index in [1.54, 1.807) is 0 Å². The molecule has 0 unspecified atom stereocenters. The average Bonchev–Trinajstić information content (AvgIpc) is 2.30. The molecule has 0 spiro atoms. The van der Waals surface area contributed by atoms with Gasteiger partial charge in [-0.25, -0.2) is 0 Å². The number of hydrogen-bond donors (Lipinski definition) is 1. The number of hydrogen-bond acceptors (Lipinski definition) is 5. The summed E-state index contributed by atoms with van der Waals surface area (Å²) in [6.07, 6.45) is 0. The van der Waals surface area contributed by atoms with Crippen molar-refractivity contribution >= 4 is 5.95 Å². The fourth-order valence-corrected chi connectivity index (χ4v) is 1.28. The van der Waals surface area contributed by atoms with Crippen molar-refractivity contribution in [3.63, 3.8) is 0 Å². The molecule has 1 aromatic heterocycles. The lowest BCUT2D eigenvalue weighted by atomic mass is 10.2. The van der Waals surface area contributed by atoms with Crippen LogP contribution in [0.4, 0.5) is 5.95 Å². The summed E-state index contributed by atoms with van der Waals surface area (Å²) in [6, 6.07) is 9.83. The number of nitrogens with two attached hydrogens (primary N) is 1. The maximum absolute atomic E-state index is 5.58. The largest absolute Gasteiger partial charge is 0.464 e. The molecule has 1 aromatic carbocycles. The summed E-state index contributed by atoms with van der Waals surface area (Å²) in [6.45, 7) is 2.36. The average molecular weight is 216 g/mol. The van der Waals surface area contributed by atoms with Gasteiger partial charge >= 0.3 is 6.01 Å². The minimum Gasteiger partial charge on any atom is -0.464 e. The van der Waals surface area contributed by atoms with Crippen molar-refractivity contribution in [1.82, 2.24) is 15.0 Å². The summed E-state index contributed by atoms with van der Waals surface area (Å²) in [5.41, 5.74) is 6.47. The van der Waals surface area contributed by atoms with Crippen LogP contribution in [0, 0.1) is 0 Å². The molecule has 0 saturated heterocycles. The summed E-state index contributed by atoms with van der Waals surface area (Å²) in [7, 11) is 0. The van der Waals surface area contributed by atoms with Gasteiger partial charge in [-0.1, -0.05) is 30.3 Å². The van der Waals surface area contributed by atoms with Crippen molar-refractivity contribution in [1.29, 1.82) is 0 Å². The van der Waals surface area contributed by atoms with Crippen molar-refractivity contribution < 1.29 is 4.74 Å². The van der Waals surface area contributed by atoms with E-state index >= 15 is 0 Å². The van der Waals surface area contributed by atoms with Crippen LogP contribution in [0.2, 0.25) is 0 Å². The lowest BCUT2D eigenvalue weighted by Crippen LogP contribution is -2.04. The van der Waals surface area contributed by atoms with Gasteiger partial charge in [0.2, 0.25) is 5.95 Å². The first-order valence-corrected chi connectivity index (χ1v) is 4.99. The molecule has 0 aliphatic heterocycles. The van der Waals surface area contributed by atoms with Gasteiger partial charge in [0, 0.05) is 5.56 Å². The van der Waals surface area contributed by atoms with E-state index in [0.29, 0.717) is 12.4 Å². The van der Waals surface area contributed by atoms with E-state index < -0.39 is 0 Å². The molecule has 82 valence electrons. The van der Waals surface area contributed by atoms with Crippen LogP contribution in [0.1, 0.15) is 6.92 Å². The molecule has 5 nitrogen and oxygen atoms in total. The fourth-order valence-electron chi connectivity index (χ4n) is 1.28. The first kappa shape index (κ1) is 10.4. The SMILES string of the molecule is CCOc1nc(N)nc(-c2ccccc2)n1. The molecule has 0 bridgehead atoms. The van der Waals surface area contributed by atoms with Gasteiger partial charge in [0.15, 0.2) is 5.82 Å². The van der Waals surface area contributed by atoms with Crippen LogP contribution < -0.4 is 10.5 Å². The smallest absolute Gasteiger partial charge is 0.321 e. The number of nitrogens with zero attached hydrogens (tertiary/aromatic N) is 3. The molecule has 0 atom stereocenters. The third-order valence-corrected chi connectivity index (χ3v) is 1.94. The number of benzene rings is 1. The molecule has 0 amide bonds. The van der Waals surface area contributed by atoms with Gasteiger partial charge in [0.25, 0.3) is 0 Å². The highest BCUT2D eigenvalue weighted by Gasteiger charge is 2.06. The maximum atomic E-state index is 5.58. The highest BCUT2D eigenvalue weighted by atomic mass is 16.5. The molecular weight excluding hydrogens is 204 g/mol. The third kappa shape index (κ3) is 2.25. The second-order valence-electron chi connectivity index (χ2n) is 3.10. The predicted octanol–water partition coefficient (Wildman–Crippen LogP) is 1.52. The van der Waals surface area contributed by atoms with Crippen LogP contribution in [0.25, 0.3) is 11.4 Å². The lowest BCUT2D eigenvalue weighted by Gasteiger charge is -2.04. The van der Waals surface area contributed by atoms with E-state index in [0.717, 1.165) is 5.56 Å². The Kier molecular flexibility index (Phi) is 2.95. The molecule has 1 heterocycles.